The maximum Gasteiger partial charge on any atom is 0.313 e. The van der Waals surface area contributed by atoms with Crippen molar-refractivity contribution in [2.45, 2.75) is 19.4 Å². The van der Waals surface area contributed by atoms with Gasteiger partial charge in [0, 0.05) is 0 Å². The van der Waals surface area contributed by atoms with E-state index < -0.39 is 11.7 Å². The predicted molar refractivity (Wildman–Crippen MR) is 76.1 cm³/mol. The Hall–Kier alpha value is -1.87. The van der Waals surface area contributed by atoms with Crippen molar-refractivity contribution in [1.29, 1.82) is 0 Å². The van der Waals surface area contributed by atoms with Gasteiger partial charge in [-0.15, -0.1) is 0 Å². The summed E-state index contributed by atoms with van der Waals surface area (Å²) in [5, 5.41) is 0.00482. The average Bonchev–Trinajstić information content (AvgIpc) is 2.48. The first-order chi connectivity index (χ1) is 9.58. The van der Waals surface area contributed by atoms with E-state index in [0.717, 1.165) is 5.56 Å². The molecule has 0 N–H and O–H groups in total. The molecule has 4 heteroatoms. The minimum atomic E-state index is -0.500. The summed E-state index contributed by atoms with van der Waals surface area (Å²) < 4.78 is 18.3. The molecule has 0 fully saturated rings. The molecule has 20 heavy (non-hydrogen) atoms. The molecule has 0 aliphatic heterocycles. The summed E-state index contributed by atoms with van der Waals surface area (Å²) in [7, 11) is 0. The highest BCUT2D eigenvalue weighted by Gasteiger charge is 2.18. The third-order valence-corrected chi connectivity index (χ3v) is 3.31. The van der Waals surface area contributed by atoms with Gasteiger partial charge in [-0.05, 0) is 30.2 Å². The van der Waals surface area contributed by atoms with Gasteiger partial charge in [0.25, 0.3) is 0 Å². The van der Waals surface area contributed by atoms with Crippen LogP contribution in [0.4, 0.5) is 4.39 Å². The SMILES string of the molecule is CC(C(=O)OCc1ccccc1)c1ccc(F)c(Cl)c1. The van der Waals surface area contributed by atoms with Gasteiger partial charge in [0.15, 0.2) is 0 Å². The maximum absolute atomic E-state index is 13.1. The lowest BCUT2D eigenvalue weighted by atomic mass is 10.0. The van der Waals surface area contributed by atoms with Crippen LogP contribution in [0.1, 0.15) is 24.0 Å². The van der Waals surface area contributed by atoms with Crippen LogP contribution in [0, 0.1) is 5.82 Å². The van der Waals surface area contributed by atoms with Gasteiger partial charge in [0.1, 0.15) is 12.4 Å². The van der Waals surface area contributed by atoms with Gasteiger partial charge in [-0.25, -0.2) is 4.39 Å². The van der Waals surface area contributed by atoms with Gasteiger partial charge >= 0.3 is 5.97 Å². The Kier molecular flexibility index (Phi) is 4.74. The second-order valence-electron chi connectivity index (χ2n) is 4.49. The molecule has 1 unspecified atom stereocenters. The van der Waals surface area contributed by atoms with Gasteiger partial charge in [0.05, 0.1) is 10.9 Å². The molecule has 2 aromatic carbocycles. The summed E-state index contributed by atoms with van der Waals surface area (Å²) in [5.74, 6) is -1.35. The minimum Gasteiger partial charge on any atom is -0.460 e. The van der Waals surface area contributed by atoms with Gasteiger partial charge in [-0.2, -0.15) is 0 Å². The number of rotatable bonds is 4. The van der Waals surface area contributed by atoms with E-state index in [0.29, 0.717) is 5.56 Å². The number of carbonyl (C=O) groups excluding carboxylic acids is 1. The van der Waals surface area contributed by atoms with Crippen molar-refractivity contribution in [3.05, 3.63) is 70.5 Å². The van der Waals surface area contributed by atoms with Crippen molar-refractivity contribution in [3.63, 3.8) is 0 Å². The van der Waals surface area contributed by atoms with Crippen molar-refractivity contribution >= 4 is 17.6 Å². The Morgan fingerprint density at radius 1 is 1.25 bits per heavy atom. The van der Waals surface area contributed by atoms with E-state index in [-0.39, 0.29) is 17.6 Å². The van der Waals surface area contributed by atoms with Crippen molar-refractivity contribution in [2.75, 3.05) is 0 Å². The topological polar surface area (TPSA) is 26.3 Å². The highest BCUT2D eigenvalue weighted by Crippen LogP contribution is 2.23. The molecule has 0 heterocycles. The van der Waals surface area contributed by atoms with Crippen LogP contribution in [0.3, 0.4) is 0 Å². The van der Waals surface area contributed by atoms with Crippen LogP contribution in [0.25, 0.3) is 0 Å². The molecule has 0 aliphatic carbocycles. The van der Waals surface area contributed by atoms with Crippen LogP contribution in [0.15, 0.2) is 48.5 Å². The third-order valence-electron chi connectivity index (χ3n) is 3.02. The summed E-state index contributed by atoms with van der Waals surface area (Å²) in [6.45, 7) is 1.93. The molecule has 2 rings (SSSR count). The van der Waals surface area contributed by atoms with Crippen LogP contribution in [-0.2, 0) is 16.1 Å². The molecule has 0 aliphatic rings. The Labute approximate surface area is 122 Å². The monoisotopic (exact) mass is 292 g/mol. The molecule has 104 valence electrons. The molecule has 1 atom stereocenters. The maximum atomic E-state index is 13.1. The lowest BCUT2D eigenvalue weighted by Gasteiger charge is -2.12. The standard InChI is InChI=1S/C16H14ClFO2/c1-11(13-7-8-15(18)14(17)9-13)16(19)20-10-12-5-3-2-4-6-12/h2-9,11H,10H2,1H3. The first-order valence-electron chi connectivity index (χ1n) is 6.23. The molecule has 0 saturated heterocycles. The van der Waals surface area contributed by atoms with Gasteiger partial charge in [-0.3, -0.25) is 4.79 Å². The highest BCUT2D eigenvalue weighted by molar-refractivity contribution is 6.30. The lowest BCUT2D eigenvalue weighted by molar-refractivity contribution is -0.146. The second-order valence-corrected chi connectivity index (χ2v) is 4.90. The fraction of sp³-hybridized carbons (Fsp3) is 0.188. The Balaban J connectivity index is 1.99. The van der Waals surface area contributed by atoms with E-state index in [1.165, 1.54) is 18.2 Å². The van der Waals surface area contributed by atoms with E-state index >= 15 is 0 Å². The molecule has 0 amide bonds. The molecule has 0 spiro atoms. The van der Waals surface area contributed by atoms with Crippen LogP contribution in [0.5, 0.6) is 0 Å². The molecule has 0 aromatic heterocycles. The van der Waals surface area contributed by atoms with Crippen LogP contribution in [-0.4, -0.2) is 5.97 Å². The van der Waals surface area contributed by atoms with Gasteiger partial charge in [-0.1, -0.05) is 48.0 Å². The smallest absolute Gasteiger partial charge is 0.313 e. The van der Waals surface area contributed by atoms with Crippen LogP contribution >= 0.6 is 11.6 Å². The minimum absolute atomic E-state index is 0.00482. The Bertz CT molecular complexity index is 599. The molecule has 2 nitrogen and oxygen atoms in total. The number of carbonyl (C=O) groups is 1. The summed E-state index contributed by atoms with van der Waals surface area (Å²) in [6.07, 6.45) is 0. The zero-order valence-electron chi connectivity index (χ0n) is 11.0. The summed E-state index contributed by atoms with van der Waals surface area (Å²) in [4.78, 5) is 12.0. The largest absolute Gasteiger partial charge is 0.460 e. The number of esters is 1. The molecule has 2 aromatic rings. The van der Waals surface area contributed by atoms with Crippen LogP contribution < -0.4 is 0 Å². The van der Waals surface area contributed by atoms with Gasteiger partial charge in [0.2, 0.25) is 0 Å². The van der Waals surface area contributed by atoms with Crippen molar-refractivity contribution < 1.29 is 13.9 Å². The van der Waals surface area contributed by atoms with Crippen molar-refractivity contribution in [2.24, 2.45) is 0 Å². The van der Waals surface area contributed by atoms with E-state index in [9.17, 15) is 9.18 Å². The quantitative estimate of drug-likeness (QED) is 0.784. The molecule has 0 bridgehead atoms. The normalized spacial score (nSPS) is 11.9. The second kappa shape index (κ2) is 6.53. The van der Waals surface area contributed by atoms with E-state index in [1.54, 1.807) is 6.92 Å². The average molecular weight is 293 g/mol. The lowest BCUT2D eigenvalue weighted by Crippen LogP contribution is -2.13. The summed E-state index contributed by atoms with van der Waals surface area (Å²) in [6, 6.07) is 13.7. The van der Waals surface area contributed by atoms with Crippen molar-refractivity contribution in [3.8, 4) is 0 Å². The molecule has 0 saturated carbocycles. The van der Waals surface area contributed by atoms with E-state index in [2.05, 4.69) is 0 Å². The number of hydrogen-bond acceptors (Lipinski definition) is 2. The van der Waals surface area contributed by atoms with Crippen molar-refractivity contribution in [1.82, 2.24) is 0 Å². The third kappa shape index (κ3) is 3.58. The number of ether oxygens (including phenoxy) is 1. The molecule has 0 radical (unpaired) electrons. The van der Waals surface area contributed by atoms with E-state index in [1.807, 2.05) is 30.3 Å². The number of hydrogen-bond donors (Lipinski definition) is 0. The zero-order valence-corrected chi connectivity index (χ0v) is 11.7. The van der Waals surface area contributed by atoms with Gasteiger partial charge < -0.3 is 4.74 Å². The Morgan fingerprint density at radius 2 is 1.95 bits per heavy atom. The zero-order chi connectivity index (χ0) is 14.5. The first kappa shape index (κ1) is 14.5. The van der Waals surface area contributed by atoms with E-state index in [4.69, 9.17) is 16.3 Å². The summed E-state index contributed by atoms with van der Waals surface area (Å²) in [5.41, 5.74) is 1.56. The first-order valence-corrected chi connectivity index (χ1v) is 6.61. The molecular weight excluding hydrogens is 279 g/mol. The Morgan fingerprint density at radius 3 is 2.60 bits per heavy atom. The molecular formula is C16H14ClFO2. The number of benzene rings is 2. The predicted octanol–water partition coefficient (Wildman–Crippen LogP) is 4.33. The number of halogens is 2. The fourth-order valence-electron chi connectivity index (χ4n) is 1.77. The summed E-state index contributed by atoms with van der Waals surface area (Å²) >= 11 is 5.71. The highest BCUT2D eigenvalue weighted by atomic mass is 35.5. The van der Waals surface area contributed by atoms with Crippen LogP contribution in [0.2, 0.25) is 5.02 Å². The fourth-order valence-corrected chi connectivity index (χ4v) is 1.96.